The highest BCUT2D eigenvalue weighted by atomic mass is 79.9. The number of hydrogen-bond acceptors (Lipinski definition) is 2. The van der Waals surface area contributed by atoms with Crippen molar-refractivity contribution in [3.8, 4) is 0 Å². The van der Waals surface area contributed by atoms with Gasteiger partial charge < -0.3 is 5.11 Å². The second kappa shape index (κ2) is 5.21. The number of hydrogen-bond donors (Lipinski definition) is 1. The summed E-state index contributed by atoms with van der Waals surface area (Å²) in [6.07, 6.45) is 0.902. The van der Waals surface area contributed by atoms with Crippen molar-refractivity contribution in [3.05, 3.63) is 51.2 Å². The van der Waals surface area contributed by atoms with Gasteiger partial charge in [-0.25, -0.2) is 0 Å². The molecule has 0 bridgehead atoms. The first kappa shape index (κ1) is 12.6. The lowest BCUT2D eigenvalue weighted by molar-refractivity contribution is 0.207. The fourth-order valence-corrected chi connectivity index (χ4v) is 2.49. The van der Waals surface area contributed by atoms with Crippen LogP contribution in [0.15, 0.2) is 34.9 Å². The number of halogens is 2. The van der Waals surface area contributed by atoms with E-state index in [0.29, 0.717) is 17.1 Å². The molecule has 0 saturated heterocycles. The van der Waals surface area contributed by atoms with E-state index in [9.17, 15) is 5.11 Å². The molecular formula is C12H12BrClN2O. The molecule has 90 valence electrons. The highest BCUT2D eigenvalue weighted by Crippen LogP contribution is 2.32. The van der Waals surface area contributed by atoms with E-state index in [2.05, 4.69) is 21.0 Å². The largest absolute Gasteiger partial charge is 0.382 e. The molecule has 1 atom stereocenters. The molecule has 1 unspecified atom stereocenters. The van der Waals surface area contributed by atoms with E-state index in [4.69, 9.17) is 11.6 Å². The quantitative estimate of drug-likeness (QED) is 0.942. The lowest BCUT2D eigenvalue weighted by Crippen LogP contribution is -2.10. The highest BCUT2D eigenvalue weighted by Gasteiger charge is 2.20. The lowest BCUT2D eigenvalue weighted by atomic mass is 10.1. The molecule has 3 nitrogen and oxygen atoms in total. The van der Waals surface area contributed by atoms with Crippen molar-refractivity contribution in [2.45, 2.75) is 19.6 Å². The second-order valence-electron chi connectivity index (χ2n) is 3.62. The van der Waals surface area contributed by atoms with Crippen molar-refractivity contribution in [1.82, 2.24) is 9.78 Å². The van der Waals surface area contributed by atoms with E-state index in [1.165, 1.54) is 0 Å². The van der Waals surface area contributed by atoms with Crippen LogP contribution in [0.1, 0.15) is 24.3 Å². The summed E-state index contributed by atoms with van der Waals surface area (Å²) < 4.78 is 2.53. The number of nitrogens with zero attached hydrogens (tertiary/aromatic N) is 2. The number of aliphatic hydroxyl groups is 1. The molecule has 0 saturated carbocycles. The summed E-state index contributed by atoms with van der Waals surface area (Å²) in [5.74, 6) is 0. The number of aromatic nitrogens is 2. The Bertz CT molecular complexity index is 527. The van der Waals surface area contributed by atoms with Gasteiger partial charge in [0.1, 0.15) is 6.10 Å². The number of aryl methyl sites for hydroxylation is 1. The van der Waals surface area contributed by atoms with Gasteiger partial charge in [0.25, 0.3) is 0 Å². The van der Waals surface area contributed by atoms with Gasteiger partial charge >= 0.3 is 0 Å². The van der Waals surface area contributed by atoms with Crippen LogP contribution in [-0.2, 0) is 6.54 Å². The summed E-state index contributed by atoms with van der Waals surface area (Å²) in [5, 5.41) is 15.1. The minimum Gasteiger partial charge on any atom is -0.382 e. The Hall–Kier alpha value is -0.840. The van der Waals surface area contributed by atoms with E-state index < -0.39 is 6.10 Å². The van der Waals surface area contributed by atoms with Crippen molar-refractivity contribution in [2.24, 2.45) is 0 Å². The summed E-state index contributed by atoms with van der Waals surface area (Å²) in [5.41, 5.74) is 1.41. The topological polar surface area (TPSA) is 38.0 Å². The molecule has 0 radical (unpaired) electrons. The molecule has 0 spiro atoms. The molecule has 1 aromatic carbocycles. The molecule has 0 amide bonds. The Labute approximate surface area is 113 Å². The van der Waals surface area contributed by atoms with Crippen molar-refractivity contribution in [2.75, 3.05) is 0 Å². The van der Waals surface area contributed by atoms with Crippen molar-refractivity contribution < 1.29 is 5.11 Å². The monoisotopic (exact) mass is 314 g/mol. The van der Waals surface area contributed by atoms with Gasteiger partial charge in [-0.1, -0.05) is 29.8 Å². The molecule has 5 heteroatoms. The third kappa shape index (κ3) is 2.39. The van der Waals surface area contributed by atoms with E-state index in [-0.39, 0.29) is 0 Å². The van der Waals surface area contributed by atoms with Crippen LogP contribution in [-0.4, -0.2) is 14.9 Å². The van der Waals surface area contributed by atoms with E-state index in [1.807, 2.05) is 25.1 Å². The van der Waals surface area contributed by atoms with E-state index >= 15 is 0 Å². The molecule has 0 fully saturated rings. The molecule has 17 heavy (non-hydrogen) atoms. The SMILES string of the molecule is CCn1ncc(Br)c1C(O)c1ccccc1Cl. The van der Waals surface area contributed by atoms with Crippen molar-refractivity contribution in [1.29, 1.82) is 0 Å². The third-order valence-electron chi connectivity index (χ3n) is 2.59. The normalized spacial score (nSPS) is 12.7. The van der Waals surface area contributed by atoms with Gasteiger partial charge in [-0.05, 0) is 28.9 Å². The Morgan fingerprint density at radius 2 is 2.18 bits per heavy atom. The predicted octanol–water partition coefficient (Wildman–Crippen LogP) is 3.40. The van der Waals surface area contributed by atoms with E-state index in [1.54, 1.807) is 16.9 Å². The Balaban J connectivity index is 2.47. The van der Waals surface area contributed by atoms with E-state index in [0.717, 1.165) is 10.2 Å². The summed E-state index contributed by atoms with van der Waals surface area (Å²) in [4.78, 5) is 0. The molecule has 0 aliphatic carbocycles. The molecule has 0 aliphatic rings. The van der Waals surface area contributed by atoms with Crippen molar-refractivity contribution >= 4 is 27.5 Å². The Morgan fingerprint density at radius 1 is 1.47 bits per heavy atom. The second-order valence-corrected chi connectivity index (χ2v) is 4.88. The summed E-state index contributed by atoms with van der Waals surface area (Å²) in [7, 11) is 0. The minimum absolute atomic E-state index is 0.552. The van der Waals surface area contributed by atoms with Crippen LogP contribution in [0.2, 0.25) is 5.02 Å². The molecule has 2 rings (SSSR count). The average molecular weight is 316 g/mol. The average Bonchev–Trinajstić information content (AvgIpc) is 2.70. The number of benzene rings is 1. The molecular weight excluding hydrogens is 304 g/mol. The van der Waals surface area contributed by atoms with Crippen LogP contribution in [0.25, 0.3) is 0 Å². The first-order valence-electron chi connectivity index (χ1n) is 5.28. The van der Waals surface area contributed by atoms with Gasteiger partial charge in [0.05, 0.1) is 16.4 Å². The van der Waals surface area contributed by atoms with Gasteiger partial charge in [-0.3, -0.25) is 4.68 Å². The van der Waals surface area contributed by atoms with Crippen LogP contribution in [0.5, 0.6) is 0 Å². The van der Waals surface area contributed by atoms with Crippen LogP contribution >= 0.6 is 27.5 Å². The predicted molar refractivity (Wildman–Crippen MR) is 71.1 cm³/mol. The maximum Gasteiger partial charge on any atom is 0.123 e. The molecule has 1 N–H and O–H groups in total. The number of rotatable bonds is 3. The first-order valence-corrected chi connectivity index (χ1v) is 6.46. The highest BCUT2D eigenvalue weighted by molar-refractivity contribution is 9.10. The summed E-state index contributed by atoms with van der Waals surface area (Å²) >= 11 is 9.47. The van der Waals surface area contributed by atoms with Gasteiger partial charge in [-0.15, -0.1) is 0 Å². The lowest BCUT2D eigenvalue weighted by Gasteiger charge is -2.14. The summed E-state index contributed by atoms with van der Waals surface area (Å²) in [6, 6.07) is 7.27. The maximum atomic E-state index is 10.4. The smallest absolute Gasteiger partial charge is 0.123 e. The maximum absolute atomic E-state index is 10.4. The van der Waals surface area contributed by atoms with Crippen LogP contribution in [0.4, 0.5) is 0 Å². The zero-order valence-corrected chi connectivity index (χ0v) is 11.6. The number of aliphatic hydroxyl groups excluding tert-OH is 1. The van der Waals surface area contributed by atoms with Gasteiger partial charge in [-0.2, -0.15) is 5.10 Å². The van der Waals surface area contributed by atoms with Crippen molar-refractivity contribution in [3.63, 3.8) is 0 Å². The summed E-state index contributed by atoms with van der Waals surface area (Å²) in [6.45, 7) is 2.67. The van der Waals surface area contributed by atoms with Crippen LogP contribution in [0.3, 0.4) is 0 Å². The van der Waals surface area contributed by atoms with Crippen LogP contribution in [0, 0.1) is 0 Å². The van der Waals surface area contributed by atoms with Gasteiger partial charge in [0.15, 0.2) is 0 Å². The molecule has 2 aromatic rings. The molecule has 1 heterocycles. The fourth-order valence-electron chi connectivity index (χ4n) is 1.74. The zero-order chi connectivity index (χ0) is 12.4. The minimum atomic E-state index is -0.777. The fraction of sp³-hybridized carbons (Fsp3) is 0.250. The zero-order valence-electron chi connectivity index (χ0n) is 9.27. The first-order chi connectivity index (χ1) is 8.15. The molecule has 0 aliphatic heterocycles. The van der Waals surface area contributed by atoms with Crippen LogP contribution < -0.4 is 0 Å². The Kier molecular flexibility index (Phi) is 3.86. The molecule has 1 aromatic heterocycles. The van der Waals surface area contributed by atoms with Gasteiger partial charge in [0.2, 0.25) is 0 Å². The standard InChI is InChI=1S/C12H12BrClN2O/c1-2-16-11(9(13)7-15-16)12(17)8-5-3-4-6-10(8)14/h3-7,12,17H,2H2,1H3. The van der Waals surface area contributed by atoms with Gasteiger partial charge in [0, 0.05) is 17.1 Å². The Morgan fingerprint density at radius 3 is 2.82 bits per heavy atom. The third-order valence-corrected chi connectivity index (χ3v) is 3.55.